The molecule has 122 valence electrons. The van der Waals surface area contributed by atoms with E-state index in [9.17, 15) is 13.6 Å². The number of esters is 1. The molecule has 1 unspecified atom stereocenters. The van der Waals surface area contributed by atoms with Crippen LogP contribution >= 0.6 is 0 Å². The largest absolute Gasteiger partial charge is 0.487 e. The predicted molar refractivity (Wildman–Crippen MR) is 87.7 cm³/mol. The molecule has 0 heterocycles. The summed E-state index contributed by atoms with van der Waals surface area (Å²) in [4.78, 5) is 11.0. The summed E-state index contributed by atoms with van der Waals surface area (Å²) in [5, 5.41) is 0. The van der Waals surface area contributed by atoms with E-state index in [0.717, 1.165) is 9.87 Å². The van der Waals surface area contributed by atoms with Crippen LogP contribution in [0, 0.1) is 0 Å². The van der Waals surface area contributed by atoms with E-state index >= 15 is 0 Å². The van der Waals surface area contributed by atoms with Crippen molar-refractivity contribution in [3.63, 3.8) is 0 Å². The third-order valence-electron chi connectivity index (χ3n) is 3.00. The summed E-state index contributed by atoms with van der Waals surface area (Å²) in [5.41, 5.74) is 1.32. The van der Waals surface area contributed by atoms with E-state index in [1.807, 2.05) is 30.3 Å². The standard InChI is InChI=1S/C16H17NO5S/c1-12(18)22-14-8-9-16(15(10-14)17(2)23(19)20)21-11-13-6-4-3-5-7-13/h3-10H,11H2,1-2H3,(H,19,20). The van der Waals surface area contributed by atoms with Crippen molar-refractivity contribution in [3.8, 4) is 11.5 Å². The lowest BCUT2D eigenvalue weighted by molar-refractivity contribution is -0.131. The quantitative estimate of drug-likeness (QED) is 0.499. The van der Waals surface area contributed by atoms with Crippen LogP contribution in [0.4, 0.5) is 5.69 Å². The Hall–Kier alpha value is -2.38. The van der Waals surface area contributed by atoms with Gasteiger partial charge in [0.15, 0.2) is 0 Å². The van der Waals surface area contributed by atoms with Crippen LogP contribution in [0.3, 0.4) is 0 Å². The highest BCUT2D eigenvalue weighted by molar-refractivity contribution is 7.80. The summed E-state index contributed by atoms with van der Waals surface area (Å²) < 4.78 is 32.5. The summed E-state index contributed by atoms with van der Waals surface area (Å²) in [5.74, 6) is 0.216. The van der Waals surface area contributed by atoms with Crippen molar-refractivity contribution < 1.29 is 23.0 Å². The van der Waals surface area contributed by atoms with Crippen LogP contribution < -0.4 is 13.8 Å². The van der Waals surface area contributed by atoms with Crippen LogP contribution in [0.25, 0.3) is 0 Å². The molecule has 7 heteroatoms. The third kappa shape index (κ3) is 4.80. The Morgan fingerprint density at radius 3 is 2.52 bits per heavy atom. The number of rotatable bonds is 6. The Kier molecular flexibility index (Phi) is 5.72. The van der Waals surface area contributed by atoms with Crippen molar-refractivity contribution in [2.45, 2.75) is 13.5 Å². The molecule has 0 aliphatic rings. The summed E-state index contributed by atoms with van der Waals surface area (Å²) in [6, 6.07) is 14.2. The van der Waals surface area contributed by atoms with Gasteiger partial charge < -0.3 is 9.47 Å². The van der Waals surface area contributed by atoms with Gasteiger partial charge in [-0.15, -0.1) is 0 Å². The molecular weight excluding hydrogens is 318 g/mol. The molecule has 0 aromatic heterocycles. The lowest BCUT2D eigenvalue weighted by Crippen LogP contribution is -2.20. The molecule has 0 bridgehead atoms. The van der Waals surface area contributed by atoms with Gasteiger partial charge in [0, 0.05) is 20.0 Å². The van der Waals surface area contributed by atoms with Crippen molar-refractivity contribution in [2.24, 2.45) is 0 Å². The molecule has 0 amide bonds. The Morgan fingerprint density at radius 1 is 1.22 bits per heavy atom. The van der Waals surface area contributed by atoms with Gasteiger partial charge in [-0.3, -0.25) is 13.7 Å². The van der Waals surface area contributed by atoms with Crippen molar-refractivity contribution in [2.75, 3.05) is 11.4 Å². The first-order valence-electron chi connectivity index (χ1n) is 6.81. The van der Waals surface area contributed by atoms with E-state index in [1.165, 1.54) is 20.0 Å². The first kappa shape index (κ1) is 17.0. The highest BCUT2D eigenvalue weighted by Gasteiger charge is 2.15. The van der Waals surface area contributed by atoms with E-state index in [-0.39, 0.29) is 5.75 Å². The van der Waals surface area contributed by atoms with Gasteiger partial charge in [-0.1, -0.05) is 30.3 Å². The fourth-order valence-corrected chi connectivity index (χ4v) is 2.23. The number of nitrogens with zero attached hydrogens (tertiary/aromatic N) is 1. The molecule has 2 aromatic rings. The average Bonchev–Trinajstić information content (AvgIpc) is 2.53. The molecule has 0 saturated heterocycles. The van der Waals surface area contributed by atoms with Crippen LogP contribution in [-0.2, 0) is 22.7 Å². The molecule has 6 nitrogen and oxygen atoms in total. The Morgan fingerprint density at radius 2 is 1.91 bits per heavy atom. The molecule has 0 spiro atoms. The SMILES string of the molecule is CC(=O)Oc1ccc(OCc2ccccc2)c(N(C)S(=O)O)c1. The fraction of sp³-hybridized carbons (Fsp3) is 0.188. The van der Waals surface area contributed by atoms with Gasteiger partial charge in [0.1, 0.15) is 18.1 Å². The number of hydrogen-bond acceptors (Lipinski definition) is 4. The highest BCUT2D eigenvalue weighted by Crippen LogP contribution is 2.33. The monoisotopic (exact) mass is 335 g/mol. The highest BCUT2D eigenvalue weighted by atomic mass is 32.2. The molecule has 2 aromatic carbocycles. The lowest BCUT2D eigenvalue weighted by atomic mass is 10.2. The molecule has 0 radical (unpaired) electrons. The van der Waals surface area contributed by atoms with E-state index in [1.54, 1.807) is 12.1 Å². The maximum Gasteiger partial charge on any atom is 0.308 e. The molecule has 0 aliphatic carbocycles. The number of anilines is 1. The maximum atomic E-state index is 11.3. The van der Waals surface area contributed by atoms with Gasteiger partial charge in [-0.05, 0) is 17.7 Å². The van der Waals surface area contributed by atoms with Gasteiger partial charge in [-0.25, -0.2) is 4.21 Å². The summed E-state index contributed by atoms with van der Waals surface area (Å²) in [6.07, 6.45) is 0. The minimum Gasteiger partial charge on any atom is -0.487 e. The van der Waals surface area contributed by atoms with E-state index in [2.05, 4.69) is 0 Å². The summed E-state index contributed by atoms with van der Waals surface area (Å²) in [7, 11) is 1.44. The summed E-state index contributed by atoms with van der Waals surface area (Å²) >= 11 is -2.23. The molecule has 1 atom stereocenters. The Bertz CT molecular complexity index is 705. The van der Waals surface area contributed by atoms with Gasteiger partial charge >= 0.3 is 5.97 Å². The molecule has 0 fully saturated rings. The van der Waals surface area contributed by atoms with Crippen molar-refractivity contribution in [3.05, 3.63) is 54.1 Å². The predicted octanol–water partition coefficient (Wildman–Crippen LogP) is 2.76. The normalized spacial score (nSPS) is 11.6. The summed E-state index contributed by atoms with van der Waals surface area (Å²) in [6.45, 7) is 1.60. The number of carbonyl (C=O) groups is 1. The van der Waals surface area contributed by atoms with Crippen LogP contribution in [-0.4, -0.2) is 21.8 Å². The first-order chi connectivity index (χ1) is 11.0. The number of carbonyl (C=O) groups excluding carboxylic acids is 1. The van der Waals surface area contributed by atoms with E-state index in [0.29, 0.717) is 18.0 Å². The van der Waals surface area contributed by atoms with Crippen LogP contribution in [0.2, 0.25) is 0 Å². The van der Waals surface area contributed by atoms with Crippen molar-refractivity contribution in [1.29, 1.82) is 0 Å². The fourth-order valence-electron chi connectivity index (χ4n) is 1.91. The topological polar surface area (TPSA) is 76.1 Å². The Balaban J connectivity index is 2.26. The van der Waals surface area contributed by atoms with Gasteiger partial charge in [0.25, 0.3) is 11.3 Å². The Labute approximate surface area is 137 Å². The minimum atomic E-state index is -2.23. The van der Waals surface area contributed by atoms with Gasteiger partial charge in [0.2, 0.25) is 0 Å². The zero-order valence-corrected chi connectivity index (χ0v) is 13.6. The van der Waals surface area contributed by atoms with Crippen LogP contribution in [0.15, 0.2) is 48.5 Å². The van der Waals surface area contributed by atoms with Gasteiger partial charge in [0.05, 0.1) is 5.69 Å². The smallest absolute Gasteiger partial charge is 0.308 e. The third-order valence-corrected chi connectivity index (χ3v) is 3.67. The molecule has 2 rings (SSSR count). The first-order valence-corrected chi connectivity index (χ1v) is 7.87. The van der Waals surface area contributed by atoms with E-state index < -0.39 is 17.2 Å². The van der Waals surface area contributed by atoms with Crippen molar-refractivity contribution >= 4 is 22.9 Å². The zero-order chi connectivity index (χ0) is 16.8. The zero-order valence-electron chi connectivity index (χ0n) is 12.8. The second-order valence-electron chi connectivity index (χ2n) is 4.73. The molecule has 23 heavy (non-hydrogen) atoms. The number of hydrogen-bond donors (Lipinski definition) is 1. The minimum absolute atomic E-state index is 0.275. The molecular formula is C16H17NO5S. The van der Waals surface area contributed by atoms with Crippen LogP contribution in [0.1, 0.15) is 12.5 Å². The number of benzene rings is 2. The van der Waals surface area contributed by atoms with E-state index in [4.69, 9.17) is 9.47 Å². The molecule has 0 aliphatic heterocycles. The second-order valence-corrected chi connectivity index (χ2v) is 5.73. The van der Waals surface area contributed by atoms with Crippen molar-refractivity contribution in [1.82, 2.24) is 0 Å². The molecule has 0 saturated carbocycles. The lowest BCUT2D eigenvalue weighted by Gasteiger charge is -2.19. The molecule has 1 N–H and O–H groups in total. The van der Waals surface area contributed by atoms with Gasteiger partial charge in [-0.2, -0.15) is 0 Å². The maximum absolute atomic E-state index is 11.3. The second kappa shape index (κ2) is 7.75. The average molecular weight is 335 g/mol. The number of ether oxygens (including phenoxy) is 2. The van der Waals surface area contributed by atoms with Crippen LogP contribution in [0.5, 0.6) is 11.5 Å².